The maximum atomic E-state index is 4.49. The first kappa shape index (κ1) is 16.2. The molecule has 1 unspecified atom stereocenters. The fourth-order valence-corrected chi connectivity index (χ4v) is 3.76. The second kappa shape index (κ2) is 7.77. The lowest BCUT2D eigenvalue weighted by atomic mass is 10.1. The fourth-order valence-electron chi connectivity index (χ4n) is 3.76. The molecule has 1 atom stereocenters. The van der Waals surface area contributed by atoms with Gasteiger partial charge in [-0.25, -0.2) is 0 Å². The third-order valence-corrected chi connectivity index (χ3v) is 5.15. The first-order valence-electron chi connectivity index (χ1n) is 8.87. The number of nitrogens with zero attached hydrogens (tertiary/aromatic N) is 4. The van der Waals surface area contributed by atoms with Gasteiger partial charge in [0.05, 0.1) is 0 Å². The molecular weight excluding hydrogens is 286 g/mol. The lowest BCUT2D eigenvalue weighted by molar-refractivity contribution is 0.249. The molecule has 1 aromatic heterocycles. The summed E-state index contributed by atoms with van der Waals surface area (Å²) in [5.74, 6) is 1.05. The summed E-state index contributed by atoms with van der Waals surface area (Å²) in [6.07, 6.45) is 8.83. The zero-order valence-electron chi connectivity index (χ0n) is 14.5. The molecule has 2 saturated heterocycles. The van der Waals surface area contributed by atoms with Crippen molar-refractivity contribution in [1.29, 1.82) is 0 Å². The molecule has 0 amide bonds. The van der Waals surface area contributed by atoms with Crippen LogP contribution in [0, 0.1) is 6.92 Å². The highest BCUT2D eigenvalue weighted by Crippen LogP contribution is 2.20. The average molecular weight is 315 g/mol. The minimum absolute atomic E-state index is 0.721. The summed E-state index contributed by atoms with van der Waals surface area (Å²) < 4.78 is 0. The van der Waals surface area contributed by atoms with Crippen LogP contribution in [0.1, 0.15) is 30.4 Å². The van der Waals surface area contributed by atoms with Crippen LogP contribution < -0.4 is 5.32 Å². The van der Waals surface area contributed by atoms with Crippen molar-refractivity contribution in [1.82, 2.24) is 20.1 Å². The molecule has 0 bridgehead atoms. The van der Waals surface area contributed by atoms with E-state index in [2.05, 4.69) is 38.1 Å². The summed E-state index contributed by atoms with van der Waals surface area (Å²) in [6.45, 7) is 7.85. The van der Waals surface area contributed by atoms with Crippen LogP contribution in [-0.2, 0) is 6.42 Å². The van der Waals surface area contributed by atoms with E-state index < -0.39 is 0 Å². The standard InChI is InChI=1S/C18H29N5/c1-15-13-20-8-5-16(15)6-9-21-18(19-2)23-12-7-17(14-23)22-10-3-4-11-22/h5,8,13,17H,3-4,6-7,9-12,14H2,1-2H3,(H,19,21). The van der Waals surface area contributed by atoms with Gasteiger partial charge in [0.25, 0.3) is 0 Å². The van der Waals surface area contributed by atoms with Gasteiger partial charge in [0, 0.05) is 45.1 Å². The minimum atomic E-state index is 0.721. The predicted molar refractivity (Wildman–Crippen MR) is 94.8 cm³/mol. The van der Waals surface area contributed by atoms with Gasteiger partial charge in [-0.3, -0.25) is 14.9 Å². The van der Waals surface area contributed by atoms with Crippen molar-refractivity contribution in [3.8, 4) is 0 Å². The number of nitrogens with one attached hydrogen (secondary N) is 1. The van der Waals surface area contributed by atoms with Gasteiger partial charge in [0.15, 0.2) is 5.96 Å². The van der Waals surface area contributed by atoms with Crippen molar-refractivity contribution in [2.75, 3.05) is 39.8 Å². The predicted octanol–water partition coefficient (Wildman–Crippen LogP) is 1.68. The quantitative estimate of drug-likeness (QED) is 0.678. The minimum Gasteiger partial charge on any atom is -0.356 e. The monoisotopic (exact) mass is 315 g/mol. The van der Waals surface area contributed by atoms with E-state index in [1.807, 2.05) is 19.4 Å². The summed E-state index contributed by atoms with van der Waals surface area (Å²) in [5, 5.41) is 3.54. The molecule has 0 spiro atoms. The highest BCUT2D eigenvalue weighted by molar-refractivity contribution is 5.80. The van der Waals surface area contributed by atoms with Crippen molar-refractivity contribution < 1.29 is 0 Å². The Morgan fingerprint density at radius 1 is 1.35 bits per heavy atom. The molecule has 3 heterocycles. The van der Waals surface area contributed by atoms with E-state index >= 15 is 0 Å². The van der Waals surface area contributed by atoms with Crippen molar-refractivity contribution in [2.24, 2.45) is 4.99 Å². The molecule has 2 aliphatic heterocycles. The lowest BCUT2D eigenvalue weighted by Crippen LogP contribution is -2.43. The van der Waals surface area contributed by atoms with Gasteiger partial charge in [-0.1, -0.05) is 0 Å². The third-order valence-electron chi connectivity index (χ3n) is 5.15. The molecule has 1 aromatic rings. The Morgan fingerprint density at radius 2 is 2.17 bits per heavy atom. The molecule has 0 aliphatic carbocycles. The Morgan fingerprint density at radius 3 is 2.91 bits per heavy atom. The Hall–Kier alpha value is -1.62. The molecular formula is C18H29N5. The van der Waals surface area contributed by atoms with E-state index in [1.54, 1.807) is 0 Å². The van der Waals surface area contributed by atoms with E-state index in [-0.39, 0.29) is 0 Å². The number of aliphatic imine (C=N–C) groups is 1. The van der Waals surface area contributed by atoms with E-state index in [4.69, 9.17) is 0 Å². The summed E-state index contributed by atoms with van der Waals surface area (Å²) >= 11 is 0. The molecule has 23 heavy (non-hydrogen) atoms. The zero-order chi connectivity index (χ0) is 16.1. The zero-order valence-corrected chi connectivity index (χ0v) is 14.5. The number of aromatic nitrogens is 1. The van der Waals surface area contributed by atoms with E-state index in [1.165, 1.54) is 43.5 Å². The summed E-state index contributed by atoms with van der Waals surface area (Å²) in [5.41, 5.74) is 2.62. The van der Waals surface area contributed by atoms with Gasteiger partial charge in [-0.15, -0.1) is 0 Å². The number of hydrogen-bond donors (Lipinski definition) is 1. The number of rotatable bonds is 4. The Bertz CT molecular complexity index is 536. The highest BCUT2D eigenvalue weighted by Gasteiger charge is 2.30. The maximum Gasteiger partial charge on any atom is 0.193 e. The van der Waals surface area contributed by atoms with Gasteiger partial charge in [0.1, 0.15) is 0 Å². The number of likely N-dealkylation sites (tertiary alicyclic amines) is 2. The molecule has 0 saturated carbocycles. The Balaban J connectivity index is 1.48. The molecule has 1 N–H and O–H groups in total. The smallest absolute Gasteiger partial charge is 0.193 e. The first-order chi connectivity index (χ1) is 11.3. The Kier molecular flexibility index (Phi) is 5.49. The molecule has 5 nitrogen and oxygen atoms in total. The number of guanidine groups is 1. The van der Waals surface area contributed by atoms with E-state index in [0.717, 1.165) is 38.1 Å². The molecule has 5 heteroatoms. The second-order valence-corrected chi connectivity index (χ2v) is 6.66. The third kappa shape index (κ3) is 4.02. The molecule has 2 fully saturated rings. The molecule has 126 valence electrons. The first-order valence-corrected chi connectivity index (χ1v) is 8.87. The van der Waals surface area contributed by atoms with Crippen LogP contribution in [0.15, 0.2) is 23.5 Å². The second-order valence-electron chi connectivity index (χ2n) is 6.66. The molecule has 3 rings (SSSR count). The highest BCUT2D eigenvalue weighted by atomic mass is 15.3. The van der Waals surface area contributed by atoms with E-state index in [9.17, 15) is 0 Å². The largest absolute Gasteiger partial charge is 0.356 e. The normalized spacial score (nSPS) is 22.8. The van der Waals surface area contributed by atoms with Crippen LogP contribution in [0.3, 0.4) is 0 Å². The summed E-state index contributed by atoms with van der Waals surface area (Å²) in [6, 6.07) is 2.83. The van der Waals surface area contributed by atoms with Crippen LogP contribution in [0.25, 0.3) is 0 Å². The summed E-state index contributed by atoms with van der Waals surface area (Å²) in [4.78, 5) is 13.7. The van der Waals surface area contributed by atoms with Crippen molar-refractivity contribution in [2.45, 2.75) is 38.6 Å². The number of pyridine rings is 1. The van der Waals surface area contributed by atoms with Crippen LogP contribution >= 0.6 is 0 Å². The molecule has 0 aromatic carbocycles. The fraction of sp³-hybridized carbons (Fsp3) is 0.667. The van der Waals surface area contributed by atoms with Gasteiger partial charge in [-0.05, 0) is 62.9 Å². The van der Waals surface area contributed by atoms with Gasteiger partial charge in [-0.2, -0.15) is 0 Å². The van der Waals surface area contributed by atoms with Crippen molar-refractivity contribution in [3.63, 3.8) is 0 Å². The maximum absolute atomic E-state index is 4.49. The average Bonchev–Trinajstić information content (AvgIpc) is 3.24. The topological polar surface area (TPSA) is 43.8 Å². The van der Waals surface area contributed by atoms with Gasteiger partial charge in [0.2, 0.25) is 0 Å². The lowest BCUT2D eigenvalue weighted by Gasteiger charge is -2.25. The SMILES string of the molecule is CN=C(NCCc1ccncc1C)N1CCC(N2CCCC2)C1. The number of hydrogen-bond acceptors (Lipinski definition) is 3. The Labute approximate surface area is 139 Å². The van der Waals surface area contributed by atoms with Crippen molar-refractivity contribution >= 4 is 5.96 Å². The summed E-state index contributed by atoms with van der Waals surface area (Å²) in [7, 11) is 1.89. The van der Waals surface area contributed by atoms with Crippen LogP contribution in [0.4, 0.5) is 0 Å². The van der Waals surface area contributed by atoms with Gasteiger partial charge < -0.3 is 10.2 Å². The van der Waals surface area contributed by atoms with Crippen molar-refractivity contribution in [3.05, 3.63) is 29.6 Å². The van der Waals surface area contributed by atoms with Crippen LogP contribution in [-0.4, -0.2) is 66.6 Å². The van der Waals surface area contributed by atoms with E-state index in [0.29, 0.717) is 0 Å². The molecule has 0 radical (unpaired) electrons. The molecule has 2 aliphatic rings. The van der Waals surface area contributed by atoms with Crippen LogP contribution in [0.2, 0.25) is 0 Å². The van der Waals surface area contributed by atoms with Gasteiger partial charge >= 0.3 is 0 Å². The number of aryl methyl sites for hydroxylation is 1. The van der Waals surface area contributed by atoms with Crippen LogP contribution in [0.5, 0.6) is 0 Å².